The van der Waals surface area contributed by atoms with E-state index in [1.54, 1.807) is 6.07 Å². The Morgan fingerprint density at radius 2 is 1.81 bits per heavy atom. The number of hydrogen-bond donors (Lipinski definition) is 1. The van der Waals surface area contributed by atoms with Crippen LogP contribution in [0.2, 0.25) is 0 Å². The molecular formula is C16H25F3N2. The lowest BCUT2D eigenvalue weighted by Crippen LogP contribution is -2.29. The van der Waals surface area contributed by atoms with Crippen molar-refractivity contribution in [3.05, 3.63) is 35.4 Å². The molecular weight excluding hydrogens is 277 g/mol. The quantitative estimate of drug-likeness (QED) is 0.778. The fourth-order valence-electron chi connectivity index (χ4n) is 2.42. The maximum absolute atomic E-state index is 12.8. The van der Waals surface area contributed by atoms with Gasteiger partial charge in [-0.1, -0.05) is 32.9 Å². The molecule has 1 aromatic carbocycles. The van der Waals surface area contributed by atoms with E-state index >= 15 is 0 Å². The summed E-state index contributed by atoms with van der Waals surface area (Å²) < 4.78 is 38.4. The third-order valence-corrected chi connectivity index (χ3v) is 3.70. The first-order chi connectivity index (χ1) is 9.92. The van der Waals surface area contributed by atoms with Crippen molar-refractivity contribution in [3.63, 3.8) is 0 Å². The van der Waals surface area contributed by atoms with Crippen molar-refractivity contribution in [1.82, 2.24) is 10.2 Å². The number of halogens is 3. The van der Waals surface area contributed by atoms with Crippen molar-refractivity contribution in [1.29, 1.82) is 0 Å². The molecule has 120 valence electrons. The van der Waals surface area contributed by atoms with Crippen LogP contribution in [0.1, 0.15) is 44.4 Å². The van der Waals surface area contributed by atoms with Crippen LogP contribution in [0.15, 0.2) is 24.3 Å². The van der Waals surface area contributed by atoms with E-state index in [4.69, 9.17) is 0 Å². The second-order valence-corrected chi connectivity index (χ2v) is 5.05. The minimum absolute atomic E-state index is 0.0436. The van der Waals surface area contributed by atoms with Gasteiger partial charge in [-0.25, -0.2) is 0 Å². The van der Waals surface area contributed by atoms with Crippen molar-refractivity contribution in [2.24, 2.45) is 0 Å². The van der Waals surface area contributed by atoms with E-state index < -0.39 is 11.7 Å². The topological polar surface area (TPSA) is 15.3 Å². The molecule has 1 atom stereocenters. The van der Waals surface area contributed by atoms with Crippen LogP contribution in [-0.2, 0) is 6.18 Å². The highest BCUT2D eigenvalue weighted by atomic mass is 19.4. The van der Waals surface area contributed by atoms with Crippen LogP contribution in [0.4, 0.5) is 13.2 Å². The van der Waals surface area contributed by atoms with Gasteiger partial charge in [0.2, 0.25) is 0 Å². The van der Waals surface area contributed by atoms with E-state index in [1.165, 1.54) is 12.1 Å². The minimum Gasteiger partial charge on any atom is -0.310 e. The number of alkyl halides is 3. The third-order valence-electron chi connectivity index (χ3n) is 3.70. The Kier molecular flexibility index (Phi) is 7.18. The van der Waals surface area contributed by atoms with Crippen molar-refractivity contribution in [2.75, 3.05) is 26.2 Å². The fourth-order valence-corrected chi connectivity index (χ4v) is 2.42. The van der Waals surface area contributed by atoms with Crippen molar-refractivity contribution in [2.45, 2.75) is 39.4 Å². The van der Waals surface area contributed by atoms with Gasteiger partial charge in [0, 0.05) is 6.04 Å². The highest BCUT2D eigenvalue weighted by Gasteiger charge is 2.30. The van der Waals surface area contributed by atoms with Gasteiger partial charge in [-0.2, -0.15) is 13.2 Å². The molecule has 0 spiro atoms. The molecule has 1 N–H and O–H groups in total. The van der Waals surface area contributed by atoms with Crippen LogP contribution in [0.3, 0.4) is 0 Å². The number of benzene rings is 1. The third kappa shape index (κ3) is 5.67. The molecule has 21 heavy (non-hydrogen) atoms. The molecule has 2 nitrogen and oxygen atoms in total. The second-order valence-electron chi connectivity index (χ2n) is 5.05. The molecule has 0 aromatic heterocycles. The van der Waals surface area contributed by atoms with Gasteiger partial charge in [-0.3, -0.25) is 0 Å². The monoisotopic (exact) mass is 302 g/mol. The Bertz CT molecular complexity index is 414. The first-order valence-electron chi connectivity index (χ1n) is 7.55. The summed E-state index contributed by atoms with van der Waals surface area (Å²) in [6.07, 6.45) is -3.48. The van der Waals surface area contributed by atoms with Gasteiger partial charge >= 0.3 is 6.18 Å². The Balaban J connectivity index is 2.85. The van der Waals surface area contributed by atoms with Crippen LogP contribution < -0.4 is 5.32 Å². The molecule has 0 aliphatic carbocycles. The summed E-state index contributed by atoms with van der Waals surface area (Å²) in [4.78, 5) is 2.28. The minimum atomic E-state index is -4.29. The van der Waals surface area contributed by atoms with Crippen LogP contribution in [0, 0.1) is 0 Å². The number of rotatable bonds is 8. The van der Waals surface area contributed by atoms with E-state index in [9.17, 15) is 13.2 Å². The molecule has 0 bridgehead atoms. The standard InChI is InChI=1S/C16H25F3N2/c1-4-20-15(10-11-21(5-2)6-3)13-8-7-9-14(12-13)16(17,18)19/h7-9,12,15,20H,4-6,10-11H2,1-3H3. The van der Waals surface area contributed by atoms with Gasteiger partial charge in [0.05, 0.1) is 5.56 Å². The van der Waals surface area contributed by atoms with Gasteiger partial charge in [0.1, 0.15) is 0 Å². The average molecular weight is 302 g/mol. The Hall–Kier alpha value is -1.07. The van der Waals surface area contributed by atoms with Crippen molar-refractivity contribution in [3.8, 4) is 0 Å². The molecule has 0 radical (unpaired) electrons. The Morgan fingerprint density at radius 3 is 2.33 bits per heavy atom. The number of nitrogens with one attached hydrogen (secondary N) is 1. The maximum atomic E-state index is 12.8. The zero-order valence-electron chi connectivity index (χ0n) is 13.0. The van der Waals surface area contributed by atoms with Crippen molar-refractivity contribution < 1.29 is 13.2 Å². The summed E-state index contributed by atoms with van der Waals surface area (Å²) in [7, 11) is 0. The molecule has 0 amide bonds. The predicted octanol–water partition coefficient (Wildman–Crippen LogP) is 4.09. The lowest BCUT2D eigenvalue weighted by Gasteiger charge is -2.24. The largest absolute Gasteiger partial charge is 0.416 e. The van der Waals surface area contributed by atoms with Gasteiger partial charge in [-0.05, 0) is 50.3 Å². The molecule has 0 heterocycles. The van der Waals surface area contributed by atoms with E-state index in [0.717, 1.165) is 38.7 Å². The summed E-state index contributed by atoms with van der Waals surface area (Å²) in [5.41, 5.74) is 0.129. The van der Waals surface area contributed by atoms with Crippen LogP contribution >= 0.6 is 0 Å². The average Bonchev–Trinajstić information content (AvgIpc) is 2.46. The van der Waals surface area contributed by atoms with Gasteiger partial charge in [0.15, 0.2) is 0 Å². The number of hydrogen-bond acceptors (Lipinski definition) is 2. The molecule has 1 rings (SSSR count). The van der Waals surface area contributed by atoms with E-state index in [2.05, 4.69) is 24.1 Å². The molecule has 0 aliphatic heterocycles. The SMILES string of the molecule is CCNC(CCN(CC)CC)c1cccc(C(F)(F)F)c1. The zero-order valence-corrected chi connectivity index (χ0v) is 13.0. The predicted molar refractivity (Wildman–Crippen MR) is 80.3 cm³/mol. The molecule has 0 saturated heterocycles. The molecule has 0 aliphatic rings. The molecule has 0 saturated carbocycles. The van der Waals surface area contributed by atoms with Gasteiger partial charge in [0.25, 0.3) is 0 Å². The summed E-state index contributed by atoms with van der Waals surface area (Å²) in [6, 6.07) is 5.59. The summed E-state index contributed by atoms with van der Waals surface area (Å²) in [5, 5.41) is 3.29. The van der Waals surface area contributed by atoms with E-state index in [1.807, 2.05) is 6.92 Å². The fraction of sp³-hybridized carbons (Fsp3) is 0.625. The highest BCUT2D eigenvalue weighted by molar-refractivity contribution is 5.28. The maximum Gasteiger partial charge on any atom is 0.416 e. The van der Waals surface area contributed by atoms with Crippen LogP contribution in [-0.4, -0.2) is 31.1 Å². The van der Waals surface area contributed by atoms with Gasteiger partial charge in [-0.15, -0.1) is 0 Å². The first kappa shape index (κ1) is 18.0. The first-order valence-corrected chi connectivity index (χ1v) is 7.55. The van der Waals surface area contributed by atoms with Crippen LogP contribution in [0.25, 0.3) is 0 Å². The van der Waals surface area contributed by atoms with Crippen LogP contribution in [0.5, 0.6) is 0 Å². The molecule has 0 fully saturated rings. The van der Waals surface area contributed by atoms with E-state index in [-0.39, 0.29) is 6.04 Å². The van der Waals surface area contributed by atoms with Gasteiger partial charge < -0.3 is 10.2 Å². The highest BCUT2D eigenvalue weighted by Crippen LogP contribution is 2.31. The van der Waals surface area contributed by atoms with E-state index in [0.29, 0.717) is 5.56 Å². The lowest BCUT2D eigenvalue weighted by atomic mass is 10.0. The second kappa shape index (κ2) is 8.39. The summed E-state index contributed by atoms with van der Waals surface area (Å²) in [6.45, 7) is 9.68. The molecule has 1 aromatic rings. The smallest absolute Gasteiger partial charge is 0.310 e. The lowest BCUT2D eigenvalue weighted by molar-refractivity contribution is -0.137. The number of nitrogens with zero attached hydrogens (tertiary/aromatic N) is 1. The normalized spacial score (nSPS) is 13.7. The summed E-state index contributed by atoms with van der Waals surface area (Å²) in [5.74, 6) is 0. The molecule has 5 heteroatoms. The Labute approximate surface area is 125 Å². The molecule has 1 unspecified atom stereocenters. The zero-order chi connectivity index (χ0) is 15.9. The summed E-state index contributed by atoms with van der Waals surface area (Å²) >= 11 is 0. The van der Waals surface area contributed by atoms with Crippen molar-refractivity contribution >= 4 is 0 Å². The Morgan fingerprint density at radius 1 is 1.14 bits per heavy atom.